The van der Waals surface area contributed by atoms with Crippen molar-refractivity contribution in [3.8, 4) is 11.5 Å². The van der Waals surface area contributed by atoms with E-state index in [1.165, 1.54) is 0 Å². The van der Waals surface area contributed by atoms with Crippen LogP contribution in [0, 0.1) is 11.3 Å². The molecule has 0 heterocycles. The Kier molecular flexibility index (Phi) is 5.21. The number of ether oxygens (including phenoxy) is 2. The van der Waals surface area contributed by atoms with Crippen LogP contribution in [0.5, 0.6) is 11.5 Å². The minimum atomic E-state index is -0.781. The van der Waals surface area contributed by atoms with Crippen LogP contribution in [0.15, 0.2) is 24.3 Å². The molecular weight excluding hydrogens is 244 g/mol. The van der Waals surface area contributed by atoms with E-state index in [0.29, 0.717) is 24.5 Å². The highest BCUT2D eigenvalue weighted by molar-refractivity contribution is 5.70. The second-order valence-corrected chi connectivity index (χ2v) is 5.54. The Labute approximate surface area is 114 Å². The van der Waals surface area contributed by atoms with E-state index >= 15 is 0 Å². The van der Waals surface area contributed by atoms with Gasteiger partial charge >= 0.3 is 5.97 Å². The van der Waals surface area contributed by atoms with Gasteiger partial charge in [0.1, 0.15) is 0 Å². The van der Waals surface area contributed by atoms with Gasteiger partial charge in [-0.15, -0.1) is 0 Å². The molecule has 0 saturated carbocycles. The molecule has 1 aromatic carbocycles. The molecule has 1 aromatic rings. The van der Waals surface area contributed by atoms with Gasteiger partial charge in [0.05, 0.1) is 19.6 Å². The van der Waals surface area contributed by atoms with Gasteiger partial charge in [0.25, 0.3) is 0 Å². The Bertz CT molecular complexity index is 420. The zero-order chi connectivity index (χ0) is 14.5. The number of aliphatic carboxylic acids is 1. The first kappa shape index (κ1) is 15.3. The lowest BCUT2D eigenvalue weighted by Crippen LogP contribution is -2.29. The second-order valence-electron chi connectivity index (χ2n) is 5.54. The number of para-hydroxylation sites is 2. The summed E-state index contributed by atoms with van der Waals surface area (Å²) in [4.78, 5) is 11.2. The summed E-state index contributed by atoms with van der Waals surface area (Å²) in [7, 11) is 1.58. The highest BCUT2D eigenvalue weighted by Gasteiger charge is 2.30. The van der Waals surface area contributed by atoms with E-state index in [4.69, 9.17) is 9.47 Å². The Morgan fingerprint density at radius 3 is 2.32 bits per heavy atom. The average molecular weight is 266 g/mol. The minimum Gasteiger partial charge on any atom is -0.493 e. The largest absolute Gasteiger partial charge is 0.493 e. The van der Waals surface area contributed by atoms with Crippen LogP contribution >= 0.6 is 0 Å². The van der Waals surface area contributed by atoms with Crippen molar-refractivity contribution in [3.05, 3.63) is 24.3 Å². The van der Waals surface area contributed by atoms with Crippen LogP contribution in [0.1, 0.15) is 27.2 Å². The van der Waals surface area contributed by atoms with E-state index in [9.17, 15) is 9.90 Å². The number of carboxylic acid groups (broad SMARTS) is 1. The summed E-state index contributed by atoms with van der Waals surface area (Å²) < 4.78 is 10.8. The molecule has 0 aliphatic carbocycles. The van der Waals surface area contributed by atoms with Crippen LogP contribution in [0.3, 0.4) is 0 Å². The van der Waals surface area contributed by atoms with Gasteiger partial charge < -0.3 is 14.6 Å². The molecule has 0 spiro atoms. The summed E-state index contributed by atoms with van der Waals surface area (Å²) in [6.07, 6.45) is 0.469. The van der Waals surface area contributed by atoms with E-state index in [0.717, 1.165) is 0 Å². The third-order valence-electron chi connectivity index (χ3n) is 3.08. The van der Waals surface area contributed by atoms with Gasteiger partial charge in [0, 0.05) is 0 Å². The van der Waals surface area contributed by atoms with Crippen molar-refractivity contribution in [2.75, 3.05) is 13.7 Å². The van der Waals surface area contributed by atoms with Crippen molar-refractivity contribution >= 4 is 5.97 Å². The molecule has 1 unspecified atom stereocenters. The van der Waals surface area contributed by atoms with Gasteiger partial charge in [0.15, 0.2) is 11.5 Å². The molecule has 0 amide bonds. The van der Waals surface area contributed by atoms with Gasteiger partial charge in [-0.2, -0.15) is 0 Å². The number of hydrogen-bond donors (Lipinski definition) is 1. The first-order chi connectivity index (χ1) is 8.86. The average Bonchev–Trinajstić information content (AvgIpc) is 2.33. The minimum absolute atomic E-state index is 0.282. The highest BCUT2D eigenvalue weighted by atomic mass is 16.5. The number of methoxy groups -OCH3 is 1. The lowest BCUT2D eigenvalue weighted by atomic mass is 9.79. The van der Waals surface area contributed by atoms with E-state index in [1.54, 1.807) is 7.11 Å². The van der Waals surface area contributed by atoms with Crippen molar-refractivity contribution < 1.29 is 19.4 Å². The third kappa shape index (κ3) is 4.47. The van der Waals surface area contributed by atoms with Crippen LogP contribution < -0.4 is 9.47 Å². The summed E-state index contributed by atoms with van der Waals surface area (Å²) >= 11 is 0. The fourth-order valence-electron chi connectivity index (χ4n) is 1.95. The van der Waals surface area contributed by atoms with Gasteiger partial charge in [-0.25, -0.2) is 0 Å². The Morgan fingerprint density at radius 1 is 1.26 bits per heavy atom. The summed E-state index contributed by atoms with van der Waals surface area (Å²) in [5.41, 5.74) is -0.282. The molecule has 0 aliphatic rings. The lowest BCUT2D eigenvalue weighted by molar-refractivity contribution is -0.146. The van der Waals surface area contributed by atoms with Gasteiger partial charge in [-0.3, -0.25) is 4.79 Å². The van der Waals surface area contributed by atoms with Gasteiger partial charge in [0.2, 0.25) is 0 Å². The predicted octanol–water partition coefficient (Wildman–Crippen LogP) is 3.21. The van der Waals surface area contributed by atoms with Crippen molar-refractivity contribution in [2.24, 2.45) is 11.3 Å². The topological polar surface area (TPSA) is 55.8 Å². The first-order valence-electron chi connectivity index (χ1n) is 6.35. The molecule has 1 rings (SSSR count). The number of carbonyl (C=O) groups is 1. The highest BCUT2D eigenvalue weighted by Crippen LogP contribution is 2.30. The molecule has 0 fully saturated rings. The van der Waals surface area contributed by atoms with Gasteiger partial charge in [-0.05, 0) is 24.0 Å². The molecular formula is C15H22O4. The SMILES string of the molecule is COc1ccccc1OCCC(C(=O)O)C(C)(C)C. The van der Waals surface area contributed by atoms with Crippen molar-refractivity contribution in [3.63, 3.8) is 0 Å². The summed E-state index contributed by atoms with van der Waals surface area (Å²) in [6, 6.07) is 7.34. The molecule has 0 aliphatic heterocycles. The number of benzene rings is 1. The number of rotatable bonds is 6. The quantitative estimate of drug-likeness (QED) is 0.859. The Morgan fingerprint density at radius 2 is 1.84 bits per heavy atom. The van der Waals surface area contributed by atoms with E-state index in [-0.39, 0.29) is 5.41 Å². The maximum atomic E-state index is 11.2. The van der Waals surface area contributed by atoms with Crippen molar-refractivity contribution in [1.82, 2.24) is 0 Å². The van der Waals surface area contributed by atoms with Crippen LogP contribution in [0.25, 0.3) is 0 Å². The molecule has 0 radical (unpaired) electrons. The lowest BCUT2D eigenvalue weighted by Gasteiger charge is -2.27. The Balaban J connectivity index is 2.60. The van der Waals surface area contributed by atoms with Crippen LogP contribution in [-0.4, -0.2) is 24.8 Å². The summed E-state index contributed by atoms with van der Waals surface area (Å²) in [6.45, 7) is 6.13. The molecule has 106 valence electrons. The summed E-state index contributed by atoms with van der Waals surface area (Å²) in [5, 5.41) is 9.23. The molecule has 4 heteroatoms. The Hall–Kier alpha value is -1.71. The fraction of sp³-hybridized carbons (Fsp3) is 0.533. The number of hydrogen-bond acceptors (Lipinski definition) is 3. The fourth-order valence-corrected chi connectivity index (χ4v) is 1.95. The zero-order valence-electron chi connectivity index (χ0n) is 12.0. The van der Waals surface area contributed by atoms with Crippen LogP contribution in [-0.2, 0) is 4.79 Å². The normalized spacial score (nSPS) is 12.8. The molecule has 0 aromatic heterocycles. The second kappa shape index (κ2) is 6.45. The van der Waals surface area contributed by atoms with Crippen LogP contribution in [0.2, 0.25) is 0 Å². The first-order valence-corrected chi connectivity index (χ1v) is 6.35. The number of carboxylic acids is 1. The molecule has 19 heavy (non-hydrogen) atoms. The molecule has 0 bridgehead atoms. The van der Waals surface area contributed by atoms with Crippen molar-refractivity contribution in [1.29, 1.82) is 0 Å². The maximum Gasteiger partial charge on any atom is 0.307 e. The third-order valence-corrected chi connectivity index (χ3v) is 3.08. The molecule has 4 nitrogen and oxygen atoms in total. The zero-order valence-corrected chi connectivity index (χ0v) is 12.0. The predicted molar refractivity (Wildman–Crippen MR) is 73.7 cm³/mol. The molecule has 0 saturated heterocycles. The van der Waals surface area contributed by atoms with Gasteiger partial charge in [-0.1, -0.05) is 32.9 Å². The monoisotopic (exact) mass is 266 g/mol. The maximum absolute atomic E-state index is 11.2. The van der Waals surface area contributed by atoms with Crippen molar-refractivity contribution in [2.45, 2.75) is 27.2 Å². The summed E-state index contributed by atoms with van der Waals surface area (Å²) in [5.74, 6) is 0.0894. The molecule has 1 N–H and O–H groups in total. The smallest absolute Gasteiger partial charge is 0.307 e. The van der Waals surface area contributed by atoms with Crippen LogP contribution in [0.4, 0.5) is 0 Å². The molecule has 1 atom stereocenters. The van der Waals surface area contributed by atoms with E-state index < -0.39 is 11.9 Å². The van der Waals surface area contributed by atoms with E-state index in [1.807, 2.05) is 45.0 Å². The standard InChI is InChI=1S/C15H22O4/c1-15(2,3)11(14(16)17)9-10-19-13-8-6-5-7-12(13)18-4/h5-8,11H,9-10H2,1-4H3,(H,16,17). The van der Waals surface area contributed by atoms with E-state index in [2.05, 4.69) is 0 Å².